The number of amides is 3. The molecule has 1 saturated heterocycles. The van der Waals surface area contributed by atoms with Crippen LogP contribution < -0.4 is 15.4 Å². The van der Waals surface area contributed by atoms with Crippen molar-refractivity contribution >= 4 is 33.6 Å². The smallest absolute Gasteiger partial charge is 0.325 e. The SMILES string of the molecule is COc1ccc(NC(=O)NC(=O)COC(=O)C2CCN(S(=O)(=O)c3ccccc3)CC2)cc1. The molecule has 1 aliphatic heterocycles. The van der Waals surface area contributed by atoms with Crippen LogP contribution in [0.15, 0.2) is 59.5 Å². The highest BCUT2D eigenvalue weighted by Gasteiger charge is 2.33. The van der Waals surface area contributed by atoms with Gasteiger partial charge in [0.25, 0.3) is 5.91 Å². The molecular formula is C22H25N3O7S. The van der Waals surface area contributed by atoms with Crippen molar-refractivity contribution in [3.63, 3.8) is 0 Å². The molecule has 3 rings (SSSR count). The number of nitrogens with zero attached hydrogens (tertiary/aromatic N) is 1. The third-order valence-corrected chi connectivity index (χ3v) is 7.03. The van der Waals surface area contributed by atoms with Gasteiger partial charge in [-0.1, -0.05) is 18.2 Å². The molecule has 0 atom stereocenters. The number of carbonyl (C=O) groups excluding carboxylic acids is 3. The summed E-state index contributed by atoms with van der Waals surface area (Å²) in [6.45, 7) is -0.266. The van der Waals surface area contributed by atoms with Gasteiger partial charge in [-0.3, -0.25) is 14.9 Å². The van der Waals surface area contributed by atoms with E-state index in [4.69, 9.17) is 9.47 Å². The lowest BCUT2D eigenvalue weighted by atomic mass is 9.98. The van der Waals surface area contributed by atoms with Gasteiger partial charge in [0, 0.05) is 18.8 Å². The normalized spacial score (nSPS) is 14.8. The van der Waals surface area contributed by atoms with E-state index in [9.17, 15) is 22.8 Å². The largest absolute Gasteiger partial charge is 0.497 e. The Labute approximate surface area is 191 Å². The van der Waals surface area contributed by atoms with Crippen molar-refractivity contribution in [2.24, 2.45) is 5.92 Å². The van der Waals surface area contributed by atoms with Gasteiger partial charge in [0.05, 0.1) is 17.9 Å². The summed E-state index contributed by atoms with van der Waals surface area (Å²) in [7, 11) is -2.10. The quantitative estimate of drug-likeness (QED) is 0.586. The zero-order chi connectivity index (χ0) is 23.8. The van der Waals surface area contributed by atoms with E-state index in [0.717, 1.165) is 0 Å². The fraction of sp³-hybridized carbons (Fsp3) is 0.318. The van der Waals surface area contributed by atoms with Crippen LogP contribution in [0.1, 0.15) is 12.8 Å². The molecule has 0 aromatic heterocycles. The zero-order valence-corrected chi connectivity index (χ0v) is 18.8. The summed E-state index contributed by atoms with van der Waals surface area (Å²) < 4.78 is 36.7. The predicted molar refractivity (Wildman–Crippen MR) is 119 cm³/mol. The summed E-state index contributed by atoms with van der Waals surface area (Å²) in [5, 5.41) is 4.55. The molecule has 2 aromatic carbocycles. The minimum absolute atomic E-state index is 0.174. The number of hydrogen-bond acceptors (Lipinski definition) is 7. The van der Waals surface area contributed by atoms with Crippen molar-refractivity contribution in [1.29, 1.82) is 0 Å². The molecule has 2 N–H and O–H groups in total. The Balaban J connectivity index is 1.41. The van der Waals surface area contributed by atoms with E-state index in [2.05, 4.69) is 10.6 Å². The van der Waals surface area contributed by atoms with Crippen molar-refractivity contribution < 1.29 is 32.3 Å². The highest BCUT2D eigenvalue weighted by atomic mass is 32.2. The summed E-state index contributed by atoms with van der Waals surface area (Å²) in [6.07, 6.45) is 0.564. The number of carbonyl (C=O) groups is 3. The van der Waals surface area contributed by atoms with Crippen LogP contribution in [0.3, 0.4) is 0 Å². The molecule has 33 heavy (non-hydrogen) atoms. The number of imide groups is 1. The van der Waals surface area contributed by atoms with Crippen LogP contribution in [0.5, 0.6) is 5.75 Å². The third kappa shape index (κ3) is 6.53. The number of anilines is 1. The first-order valence-electron chi connectivity index (χ1n) is 10.3. The van der Waals surface area contributed by atoms with E-state index >= 15 is 0 Å². The van der Waals surface area contributed by atoms with Crippen molar-refractivity contribution in [3.8, 4) is 5.75 Å². The third-order valence-electron chi connectivity index (χ3n) is 5.11. The van der Waals surface area contributed by atoms with E-state index < -0.39 is 40.5 Å². The first kappa shape index (κ1) is 24.2. The topological polar surface area (TPSA) is 131 Å². The first-order chi connectivity index (χ1) is 15.8. The van der Waals surface area contributed by atoms with E-state index in [-0.39, 0.29) is 30.8 Å². The molecular weight excluding hydrogens is 450 g/mol. The van der Waals surface area contributed by atoms with E-state index in [1.165, 1.54) is 23.5 Å². The van der Waals surface area contributed by atoms with Crippen LogP contribution in [0.2, 0.25) is 0 Å². The first-order valence-corrected chi connectivity index (χ1v) is 11.7. The standard InChI is InChI=1S/C22H25N3O7S/c1-31-18-9-7-17(8-10-18)23-22(28)24-20(26)15-32-21(27)16-11-13-25(14-12-16)33(29,30)19-5-3-2-4-6-19/h2-10,16H,11-15H2,1H3,(H2,23,24,26,28). The molecule has 2 aromatic rings. The van der Waals surface area contributed by atoms with Crippen LogP contribution in [-0.4, -0.2) is 57.4 Å². The van der Waals surface area contributed by atoms with Gasteiger partial charge in [-0.05, 0) is 49.2 Å². The van der Waals surface area contributed by atoms with Crippen LogP contribution >= 0.6 is 0 Å². The van der Waals surface area contributed by atoms with Crippen molar-refractivity contribution in [2.45, 2.75) is 17.7 Å². The molecule has 1 heterocycles. The molecule has 0 saturated carbocycles. The molecule has 0 spiro atoms. The van der Waals surface area contributed by atoms with Gasteiger partial charge >= 0.3 is 12.0 Å². The monoisotopic (exact) mass is 475 g/mol. The predicted octanol–water partition coefficient (Wildman–Crippen LogP) is 1.99. The molecule has 0 unspecified atom stereocenters. The maximum Gasteiger partial charge on any atom is 0.325 e. The van der Waals surface area contributed by atoms with Gasteiger partial charge in [0.15, 0.2) is 6.61 Å². The second kappa shape index (κ2) is 10.9. The lowest BCUT2D eigenvalue weighted by Gasteiger charge is -2.30. The Hall–Kier alpha value is -3.44. The second-order valence-electron chi connectivity index (χ2n) is 7.33. The van der Waals surface area contributed by atoms with E-state index in [0.29, 0.717) is 11.4 Å². The van der Waals surface area contributed by atoms with Gasteiger partial charge < -0.3 is 14.8 Å². The molecule has 1 fully saturated rings. The van der Waals surface area contributed by atoms with Crippen molar-refractivity contribution in [1.82, 2.24) is 9.62 Å². The summed E-state index contributed by atoms with van der Waals surface area (Å²) in [6, 6.07) is 13.8. The van der Waals surface area contributed by atoms with E-state index in [1.807, 2.05) is 0 Å². The lowest BCUT2D eigenvalue weighted by Crippen LogP contribution is -2.41. The Bertz CT molecular complexity index is 1080. The maximum atomic E-state index is 12.7. The molecule has 0 radical (unpaired) electrons. The van der Waals surface area contributed by atoms with Crippen LogP contribution in [0.4, 0.5) is 10.5 Å². The molecule has 0 aliphatic carbocycles. The highest BCUT2D eigenvalue weighted by Crippen LogP contribution is 2.24. The summed E-state index contributed by atoms with van der Waals surface area (Å²) >= 11 is 0. The van der Waals surface area contributed by atoms with Crippen molar-refractivity contribution in [3.05, 3.63) is 54.6 Å². The van der Waals surface area contributed by atoms with Gasteiger partial charge in [-0.2, -0.15) is 4.31 Å². The van der Waals surface area contributed by atoms with Crippen LogP contribution in [0, 0.1) is 5.92 Å². The Kier molecular flexibility index (Phi) is 8.01. The molecule has 3 amide bonds. The summed E-state index contributed by atoms with van der Waals surface area (Å²) in [5.74, 6) is -1.28. The number of nitrogens with one attached hydrogen (secondary N) is 2. The average molecular weight is 476 g/mol. The van der Waals surface area contributed by atoms with Gasteiger partial charge in [0.1, 0.15) is 5.75 Å². The van der Waals surface area contributed by atoms with Crippen molar-refractivity contribution in [2.75, 3.05) is 32.1 Å². The number of urea groups is 1. The number of sulfonamides is 1. The molecule has 10 nitrogen and oxygen atoms in total. The Morgan fingerprint density at radius 3 is 2.24 bits per heavy atom. The number of methoxy groups -OCH3 is 1. The lowest BCUT2D eigenvalue weighted by molar-refractivity contribution is -0.153. The minimum Gasteiger partial charge on any atom is -0.497 e. The number of rotatable bonds is 7. The number of piperidine rings is 1. The molecule has 176 valence electrons. The number of esters is 1. The molecule has 11 heteroatoms. The minimum atomic E-state index is -3.61. The average Bonchev–Trinajstić information content (AvgIpc) is 2.83. The number of hydrogen-bond donors (Lipinski definition) is 2. The van der Waals surface area contributed by atoms with Gasteiger partial charge in [0.2, 0.25) is 10.0 Å². The second-order valence-corrected chi connectivity index (χ2v) is 9.27. The van der Waals surface area contributed by atoms with Gasteiger partial charge in [-0.15, -0.1) is 0 Å². The fourth-order valence-electron chi connectivity index (χ4n) is 3.33. The zero-order valence-electron chi connectivity index (χ0n) is 18.0. The van der Waals surface area contributed by atoms with Gasteiger partial charge in [-0.25, -0.2) is 13.2 Å². The number of benzene rings is 2. The molecule has 1 aliphatic rings. The molecule has 0 bridgehead atoms. The highest BCUT2D eigenvalue weighted by molar-refractivity contribution is 7.89. The number of ether oxygens (including phenoxy) is 2. The Morgan fingerprint density at radius 1 is 1.00 bits per heavy atom. The fourth-order valence-corrected chi connectivity index (χ4v) is 4.82. The van der Waals surface area contributed by atoms with Crippen LogP contribution in [0.25, 0.3) is 0 Å². The summed E-state index contributed by atoms with van der Waals surface area (Å²) in [5.41, 5.74) is 0.454. The van der Waals surface area contributed by atoms with E-state index in [1.54, 1.807) is 42.5 Å². The summed E-state index contributed by atoms with van der Waals surface area (Å²) in [4.78, 5) is 36.3. The maximum absolute atomic E-state index is 12.7. The van der Waals surface area contributed by atoms with Crippen LogP contribution in [-0.2, 0) is 24.3 Å². The Morgan fingerprint density at radius 2 is 1.64 bits per heavy atom.